The summed E-state index contributed by atoms with van der Waals surface area (Å²) in [6.45, 7) is 2.24. The average molecular weight is 451 g/mol. The van der Waals surface area contributed by atoms with Gasteiger partial charge in [0.2, 0.25) is 5.91 Å². The third kappa shape index (κ3) is 4.77. The zero-order valence-corrected chi connectivity index (χ0v) is 20.0. The molecule has 4 rings (SSSR count). The number of carbonyl (C=O) groups excluding carboxylic acids is 2. The highest BCUT2D eigenvalue weighted by molar-refractivity contribution is 5.99. The number of rotatable bonds is 6. The first kappa shape index (κ1) is 23.3. The molecule has 7 heteroatoms. The Kier molecular flexibility index (Phi) is 7.04. The molecule has 1 fully saturated rings. The van der Waals surface area contributed by atoms with Crippen molar-refractivity contribution < 1.29 is 14.3 Å². The summed E-state index contributed by atoms with van der Waals surface area (Å²) in [6, 6.07) is 6.05. The topological polar surface area (TPSA) is 78.6 Å². The number of ether oxygens (including phenoxy) is 1. The van der Waals surface area contributed by atoms with E-state index in [1.165, 1.54) is 35.6 Å². The van der Waals surface area contributed by atoms with Crippen LogP contribution in [0.2, 0.25) is 0 Å². The number of nitriles is 1. The van der Waals surface area contributed by atoms with Gasteiger partial charge in [-0.3, -0.25) is 14.5 Å². The van der Waals surface area contributed by atoms with Crippen molar-refractivity contribution in [3.05, 3.63) is 35.0 Å². The maximum absolute atomic E-state index is 13.1. The standard InChI is InChI=1S/C26H34N4O3/c1-28(12-4-5-25(31)29(2)17-27)26(32)20-7-9-24-22(16-20)21-15-19(6-8-23(21)30(24)3)18-10-13-33-14-11-18/h7,9,16,18-19H,4-6,8,10-15H2,1-3H3/t19-/m1/s1. The summed E-state index contributed by atoms with van der Waals surface area (Å²) in [4.78, 5) is 27.6. The summed E-state index contributed by atoms with van der Waals surface area (Å²) < 4.78 is 7.88. The molecule has 1 saturated heterocycles. The molecule has 2 heterocycles. The van der Waals surface area contributed by atoms with Crippen LogP contribution in [-0.2, 0) is 29.4 Å². The monoisotopic (exact) mass is 450 g/mol. The van der Waals surface area contributed by atoms with E-state index >= 15 is 0 Å². The van der Waals surface area contributed by atoms with E-state index in [0.717, 1.165) is 49.7 Å². The van der Waals surface area contributed by atoms with E-state index in [2.05, 4.69) is 23.7 Å². The van der Waals surface area contributed by atoms with Crippen molar-refractivity contribution in [2.75, 3.05) is 33.9 Å². The van der Waals surface area contributed by atoms with Crippen LogP contribution < -0.4 is 0 Å². The molecule has 1 aliphatic carbocycles. The van der Waals surface area contributed by atoms with Gasteiger partial charge >= 0.3 is 0 Å². The van der Waals surface area contributed by atoms with Gasteiger partial charge in [0.1, 0.15) is 0 Å². The summed E-state index contributed by atoms with van der Waals surface area (Å²) in [6.07, 6.45) is 8.32. The fourth-order valence-electron chi connectivity index (χ4n) is 5.54. The minimum atomic E-state index is -0.227. The Morgan fingerprint density at radius 2 is 1.94 bits per heavy atom. The number of carbonyl (C=O) groups is 2. The molecule has 2 amide bonds. The number of hydrogen-bond acceptors (Lipinski definition) is 4. The molecule has 1 aromatic heterocycles. The van der Waals surface area contributed by atoms with E-state index in [1.807, 2.05) is 12.3 Å². The highest BCUT2D eigenvalue weighted by Crippen LogP contribution is 2.39. The SMILES string of the molecule is CN(C#N)C(=O)CCCN(C)C(=O)c1ccc2c(c1)c1c(n2C)CC[C@@H](C2CCOCC2)C1. The molecule has 1 atom stereocenters. The van der Waals surface area contributed by atoms with Gasteiger partial charge in [0.25, 0.3) is 5.91 Å². The molecule has 0 saturated carbocycles. The summed E-state index contributed by atoms with van der Waals surface area (Å²) in [7, 11) is 5.37. The summed E-state index contributed by atoms with van der Waals surface area (Å²) in [5, 5.41) is 10.00. The fraction of sp³-hybridized carbons (Fsp3) is 0.577. The first-order chi connectivity index (χ1) is 15.9. The van der Waals surface area contributed by atoms with Gasteiger partial charge in [0, 0.05) is 69.5 Å². The number of aryl methyl sites for hydroxylation is 1. The second kappa shape index (κ2) is 9.96. The third-order valence-corrected chi connectivity index (χ3v) is 7.59. The molecule has 7 nitrogen and oxygen atoms in total. The lowest BCUT2D eigenvalue weighted by Crippen LogP contribution is -2.29. The maximum Gasteiger partial charge on any atom is 0.253 e. The normalized spacial score (nSPS) is 18.5. The molecule has 1 aromatic carbocycles. The Bertz CT molecular complexity index is 1080. The van der Waals surface area contributed by atoms with Crippen LogP contribution in [0.3, 0.4) is 0 Å². The van der Waals surface area contributed by atoms with Gasteiger partial charge in [-0.1, -0.05) is 0 Å². The Morgan fingerprint density at radius 3 is 2.67 bits per heavy atom. The van der Waals surface area contributed by atoms with Crippen molar-refractivity contribution in [1.29, 1.82) is 5.26 Å². The van der Waals surface area contributed by atoms with Crippen LogP contribution in [0.25, 0.3) is 10.9 Å². The van der Waals surface area contributed by atoms with Crippen LogP contribution in [-0.4, -0.2) is 60.0 Å². The van der Waals surface area contributed by atoms with Crippen molar-refractivity contribution in [3.63, 3.8) is 0 Å². The van der Waals surface area contributed by atoms with E-state index < -0.39 is 0 Å². The van der Waals surface area contributed by atoms with Gasteiger partial charge in [-0.05, 0) is 74.1 Å². The molecule has 0 unspecified atom stereocenters. The van der Waals surface area contributed by atoms with E-state index in [4.69, 9.17) is 10.00 Å². The number of amides is 2. The Hall–Kier alpha value is -2.85. The van der Waals surface area contributed by atoms with Crippen LogP contribution in [0.5, 0.6) is 0 Å². The second-order valence-electron chi connectivity index (χ2n) is 9.55. The minimum absolute atomic E-state index is 0.0348. The Morgan fingerprint density at radius 1 is 1.18 bits per heavy atom. The van der Waals surface area contributed by atoms with Gasteiger partial charge in [-0.15, -0.1) is 0 Å². The lowest BCUT2D eigenvalue weighted by molar-refractivity contribution is -0.127. The van der Waals surface area contributed by atoms with Gasteiger partial charge in [-0.2, -0.15) is 5.26 Å². The van der Waals surface area contributed by atoms with E-state index in [0.29, 0.717) is 24.4 Å². The van der Waals surface area contributed by atoms with Gasteiger partial charge in [-0.25, -0.2) is 0 Å². The van der Waals surface area contributed by atoms with Crippen molar-refractivity contribution in [2.45, 2.75) is 44.9 Å². The number of fused-ring (bicyclic) bond motifs is 3. The Balaban J connectivity index is 1.49. The number of nitrogens with zero attached hydrogens (tertiary/aromatic N) is 4. The van der Waals surface area contributed by atoms with Crippen LogP contribution in [0.1, 0.15) is 53.7 Å². The highest BCUT2D eigenvalue weighted by Gasteiger charge is 2.31. The van der Waals surface area contributed by atoms with Crippen LogP contribution in [0.15, 0.2) is 18.2 Å². The van der Waals surface area contributed by atoms with Crippen LogP contribution in [0, 0.1) is 23.3 Å². The van der Waals surface area contributed by atoms with Gasteiger partial charge in [0.15, 0.2) is 6.19 Å². The molecule has 176 valence electrons. The van der Waals surface area contributed by atoms with Crippen molar-refractivity contribution in [2.24, 2.45) is 18.9 Å². The smallest absolute Gasteiger partial charge is 0.253 e. The second-order valence-corrected chi connectivity index (χ2v) is 9.55. The molecule has 0 bridgehead atoms. The molecular formula is C26H34N4O3. The Labute approximate surface area is 195 Å². The predicted octanol–water partition coefficient (Wildman–Crippen LogP) is 3.50. The zero-order chi connectivity index (χ0) is 23.5. The lowest BCUT2D eigenvalue weighted by Gasteiger charge is -2.33. The first-order valence-corrected chi connectivity index (χ1v) is 12.0. The van der Waals surface area contributed by atoms with Crippen molar-refractivity contribution >= 4 is 22.7 Å². The molecule has 1 aliphatic heterocycles. The summed E-state index contributed by atoms with van der Waals surface area (Å²) in [5.41, 5.74) is 4.70. The maximum atomic E-state index is 13.1. The molecule has 0 radical (unpaired) electrons. The third-order valence-electron chi connectivity index (χ3n) is 7.59. The minimum Gasteiger partial charge on any atom is -0.381 e. The van der Waals surface area contributed by atoms with E-state index in [1.54, 1.807) is 11.9 Å². The zero-order valence-electron chi connectivity index (χ0n) is 20.0. The van der Waals surface area contributed by atoms with Crippen molar-refractivity contribution in [1.82, 2.24) is 14.4 Å². The van der Waals surface area contributed by atoms with Crippen LogP contribution in [0.4, 0.5) is 0 Å². The quantitative estimate of drug-likeness (QED) is 0.498. The average Bonchev–Trinajstić information content (AvgIpc) is 3.14. The van der Waals surface area contributed by atoms with Gasteiger partial charge in [0.05, 0.1) is 0 Å². The molecule has 0 spiro atoms. The summed E-state index contributed by atoms with van der Waals surface area (Å²) in [5.74, 6) is 1.17. The van der Waals surface area contributed by atoms with E-state index in [9.17, 15) is 9.59 Å². The highest BCUT2D eigenvalue weighted by atomic mass is 16.5. The molecular weight excluding hydrogens is 416 g/mol. The first-order valence-electron chi connectivity index (χ1n) is 12.0. The predicted molar refractivity (Wildman–Crippen MR) is 127 cm³/mol. The van der Waals surface area contributed by atoms with Crippen LogP contribution >= 0.6 is 0 Å². The summed E-state index contributed by atoms with van der Waals surface area (Å²) >= 11 is 0. The lowest BCUT2D eigenvalue weighted by atomic mass is 9.75. The molecule has 0 N–H and O–H groups in total. The fourth-order valence-corrected chi connectivity index (χ4v) is 5.54. The molecule has 2 aromatic rings. The molecule has 2 aliphatic rings. The van der Waals surface area contributed by atoms with Crippen molar-refractivity contribution in [3.8, 4) is 6.19 Å². The largest absolute Gasteiger partial charge is 0.381 e. The number of benzene rings is 1. The number of hydrogen-bond donors (Lipinski definition) is 0. The molecule has 33 heavy (non-hydrogen) atoms. The van der Waals surface area contributed by atoms with E-state index in [-0.39, 0.29) is 18.2 Å². The van der Waals surface area contributed by atoms with Gasteiger partial charge < -0.3 is 14.2 Å². The number of aromatic nitrogens is 1.